The van der Waals surface area contributed by atoms with E-state index < -0.39 is 12.0 Å². The molecule has 7 heteroatoms. The first-order valence-electron chi connectivity index (χ1n) is 5.07. The van der Waals surface area contributed by atoms with Crippen LogP contribution < -0.4 is 0 Å². The summed E-state index contributed by atoms with van der Waals surface area (Å²) in [5, 5.41) is 9.50. The first-order chi connectivity index (χ1) is 8.50. The van der Waals surface area contributed by atoms with Crippen molar-refractivity contribution in [2.24, 2.45) is 0 Å². The van der Waals surface area contributed by atoms with Crippen LogP contribution in [0.2, 0.25) is 5.02 Å². The lowest BCUT2D eigenvalue weighted by atomic mass is 10.2. The van der Waals surface area contributed by atoms with Crippen molar-refractivity contribution in [2.75, 3.05) is 11.6 Å². The number of nitrogens with zero attached hydrogens (tertiary/aromatic N) is 1. The van der Waals surface area contributed by atoms with Gasteiger partial charge in [-0.05, 0) is 34.1 Å². The van der Waals surface area contributed by atoms with Crippen molar-refractivity contribution in [2.45, 2.75) is 6.04 Å². The van der Waals surface area contributed by atoms with Crippen LogP contribution >= 0.6 is 39.3 Å². The van der Waals surface area contributed by atoms with Crippen LogP contribution in [0.3, 0.4) is 0 Å². The summed E-state index contributed by atoms with van der Waals surface area (Å²) >= 11 is 10.6. The normalized spacial score (nSPS) is 19.0. The fourth-order valence-corrected chi connectivity index (χ4v) is 3.40. The average molecular weight is 351 g/mol. The van der Waals surface area contributed by atoms with Crippen molar-refractivity contribution in [3.8, 4) is 0 Å². The number of thioether (sulfide) groups is 1. The van der Waals surface area contributed by atoms with E-state index in [1.54, 1.807) is 12.1 Å². The third-order valence-corrected chi connectivity index (χ3v) is 4.53. The van der Waals surface area contributed by atoms with Crippen LogP contribution in [0.1, 0.15) is 10.4 Å². The van der Waals surface area contributed by atoms with Gasteiger partial charge >= 0.3 is 5.97 Å². The van der Waals surface area contributed by atoms with Crippen LogP contribution in [-0.2, 0) is 4.79 Å². The van der Waals surface area contributed by atoms with Crippen LogP contribution in [-0.4, -0.2) is 39.6 Å². The minimum absolute atomic E-state index is 0.318. The molecular formula is C11H9BrClNO3S. The maximum Gasteiger partial charge on any atom is 0.327 e. The smallest absolute Gasteiger partial charge is 0.327 e. The highest BCUT2D eigenvalue weighted by atomic mass is 79.9. The first-order valence-corrected chi connectivity index (χ1v) is 7.40. The quantitative estimate of drug-likeness (QED) is 0.891. The van der Waals surface area contributed by atoms with Crippen LogP contribution in [0.15, 0.2) is 22.7 Å². The van der Waals surface area contributed by atoms with Crippen LogP contribution in [0, 0.1) is 0 Å². The molecule has 1 saturated heterocycles. The number of halogens is 2. The van der Waals surface area contributed by atoms with E-state index in [0.29, 0.717) is 26.7 Å². The molecule has 1 N–H and O–H groups in total. The van der Waals surface area contributed by atoms with Crippen molar-refractivity contribution < 1.29 is 14.7 Å². The standard InChI is InChI=1S/C11H9BrClNO3S/c12-8-2-1-6(13)3-7(8)10(15)14-5-18-4-9(14)11(16)17/h1-3,9H,4-5H2,(H,16,17). The van der Waals surface area contributed by atoms with Gasteiger partial charge in [0, 0.05) is 15.2 Å². The number of rotatable bonds is 2. The molecule has 4 nitrogen and oxygen atoms in total. The fraction of sp³-hybridized carbons (Fsp3) is 0.273. The molecule has 1 atom stereocenters. The Kier molecular flexibility index (Phi) is 4.19. The first kappa shape index (κ1) is 13.7. The molecule has 1 aromatic rings. The predicted octanol–water partition coefficient (Wildman–Crippen LogP) is 2.70. The van der Waals surface area contributed by atoms with Crippen molar-refractivity contribution in [3.05, 3.63) is 33.3 Å². The summed E-state index contributed by atoms with van der Waals surface area (Å²) in [6, 6.07) is 4.11. The molecule has 1 aliphatic rings. The number of benzene rings is 1. The number of carbonyl (C=O) groups is 2. The van der Waals surface area contributed by atoms with E-state index in [4.69, 9.17) is 16.7 Å². The van der Waals surface area contributed by atoms with E-state index in [-0.39, 0.29) is 5.91 Å². The summed E-state index contributed by atoms with van der Waals surface area (Å²) in [7, 11) is 0. The molecule has 1 heterocycles. The zero-order valence-corrected chi connectivity index (χ0v) is 12.3. The Hall–Kier alpha value is -0.720. The highest BCUT2D eigenvalue weighted by molar-refractivity contribution is 9.10. The van der Waals surface area contributed by atoms with Gasteiger partial charge in [0.2, 0.25) is 0 Å². The largest absolute Gasteiger partial charge is 0.480 e. The van der Waals surface area contributed by atoms with Crippen molar-refractivity contribution in [1.82, 2.24) is 4.90 Å². The molecule has 1 aliphatic heterocycles. The van der Waals surface area contributed by atoms with Crippen molar-refractivity contribution >= 4 is 51.2 Å². The second-order valence-electron chi connectivity index (χ2n) is 3.75. The molecule has 0 aliphatic carbocycles. The molecule has 0 spiro atoms. The highest BCUT2D eigenvalue weighted by Gasteiger charge is 2.35. The molecule has 1 aromatic carbocycles. The maximum absolute atomic E-state index is 12.3. The summed E-state index contributed by atoms with van der Waals surface area (Å²) < 4.78 is 0.609. The van der Waals surface area contributed by atoms with Gasteiger partial charge in [-0.1, -0.05) is 11.6 Å². The molecule has 18 heavy (non-hydrogen) atoms. The van der Waals surface area contributed by atoms with Gasteiger partial charge in [-0.2, -0.15) is 0 Å². The lowest BCUT2D eigenvalue weighted by Crippen LogP contribution is -2.41. The minimum Gasteiger partial charge on any atom is -0.480 e. The van der Waals surface area contributed by atoms with Crippen LogP contribution in [0.5, 0.6) is 0 Å². The number of aliphatic carboxylic acids is 1. The van der Waals surface area contributed by atoms with Gasteiger partial charge in [0.05, 0.1) is 11.4 Å². The summed E-state index contributed by atoms with van der Waals surface area (Å²) in [5.41, 5.74) is 0.385. The number of amides is 1. The Bertz CT molecular complexity index is 511. The molecule has 0 bridgehead atoms. The lowest BCUT2D eigenvalue weighted by Gasteiger charge is -2.21. The Morgan fingerprint density at radius 1 is 1.50 bits per heavy atom. The van der Waals surface area contributed by atoms with Gasteiger partial charge in [0.25, 0.3) is 5.91 Å². The van der Waals surface area contributed by atoms with E-state index in [1.165, 1.54) is 22.7 Å². The summed E-state index contributed by atoms with van der Waals surface area (Å²) in [6.07, 6.45) is 0. The van der Waals surface area contributed by atoms with E-state index in [1.807, 2.05) is 0 Å². The number of carboxylic acid groups (broad SMARTS) is 1. The van der Waals surface area contributed by atoms with E-state index in [2.05, 4.69) is 15.9 Å². The Balaban J connectivity index is 2.31. The van der Waals surface area contributed by atoms with Gasteiger partial charge in [-0.15, -0.1) is 11.8 Å². The van der Waals surface area contributed by atoms with Gasteiger partial charge in [0.1, 0.15) is 6.04 Å². The average Bonchev–Trinajstić information content (AvgIpc) is 2.80. The zero-order chi connectivity index (χ0) is 13.3. The van der Waals surface area contributed by atoms with Gasteiger partial charge < -0.3 is 10.0 Å². The molecule has 1 amide bonds. The SMILES string of the molecule is O=C(O)C1CSCN1C(=O)c1cc(Cl)ccc1Br. The molecule has 1 fully saturated rings. The summed E-state index contributed by atoms with van der Waals surface area (Å²) in [4.78, 5) is 24.7. The van der Waals surface area contributed by atoms with E-state index >= 15 is 0 Å². The second kappa shape index (κ2) is 5.50. The number of carboxylic acids is 1. The topological polar surface area (TPSA) is 57.6 Å². The highest BCUT2D eigenvalue weighted by Crippen LogP contribution is 2.27. The van der Waals surface area contributed by atoms with Gasteiger partial charge in [-0.3, -0.25) is 4.79 Å². The van der Waals surface area contributed by atoms with E-state index in [0.717, 1.165) is 0 Å². The molecule has 0 aromatic heterocycles. The van der Waals surface area contributed by atoms with E-state index in [9.17, 15) is 9.59 Å². The predicted molar refractivity (Wildman–Crippen MR) is 74.1 cm³/mol. The molecule has 2 rings (SSSR count). The molecular weight excluding hydrogens is 342 g/mol. The zero-order valence-electron chi connectivity index (χ0n) is 9.10. The number of hydrogen-bond donors (Lipinski definition) is 1. The summed E-state index contributed by atoms with van der Waals surface area (Å²) in [5.74, 6) is -0.498. The molecule has 0 saturated carbocycles. The number of carbonyl (C=O) groups excluding carboxylic acids is 1. The van der Waals surface area contributed by atoms with Crippen molar-refractivity contribution in [1.29, 1.82) is 0 Å². The minimum atomic E-state index is -0.980. The van der Waals surface area contributed by atoms with Gasteiger partial charge in [-0.25, -0.2) is 4.79 Å². The molecule has 96 valence electrons. The van der Waals surface area contributed by atoms with Gasteiger partial charge in [0.15, 0.2) is 0 Å². The summed E-state index contributed by atoms with van der Waals surface area (Å²) in [6.45, 7) is 0. The van der Waals surface area contributed by atoms with Crippen LogP contribution in [0.4, 0.5) is 0 Å². The molecule has 1 unspecified atom stereocenters. The fourth-order valence-electron chi connectivity index (χ4n) is 1.66. The third kappa shape index (κ3) is 2.65. The van der Waals surface area contributed by atoms with Crippen molar-refractivity contribution in [3.63, 3.8) is 0 Å². The monoisotopic (exact) mass is 349 g/mol. The Morgan fingerprint density at radius 2 is 2.22 bits per heavy atom. The molecule has 0 radical (unpaired) electrons. The Labute approximate surface area is 121 Å². The second-order valence-corrected chi connectivity index (χ2v) is 6.04. The lowest BCUT2D eigenvalue weighted by molar-refractivity contribution is -0.140. The maximum atomic E-state index is 12.3. The number of hydrogen-bond acceptors (Lipinski definition) is 3. The van der Waals surface area contributed by atoms with Crippen LogP contribution in [0.25, 0.3) is 0 Å². The third-order valence-electron chi connectivity index (χ3n) is 2.59. The Morgan fingerprint density at radius 3 is 2.89 bits per heavy atom.